The van der Waals surface area contributed by atoms with Crippen LogP contribution in [0, 0.1) is 0 Å². The Morgan fingerprint density at radius 1 is 1.20 bits per heavy atom. The van der Waals surface area contributed by atoms with Crippen LogP contribution >= 0.6 is 35.3 Å². The lowest BCUT2D eigenvalue weighted by Crippen LogP contribution is -2.38. The Kier molecular flexibility index (Phi) is 10.6. The van der Waals surface area contributed by atoms with Gasteiger partial charge in [0.1, 0.15) is 5.75 Å². The molecule has 1 aromatic heterocycles. The normalized spacial score (nSPS) is 12.3. The van der Waals surface area contributed by atoms with Crippen LogP contribution in [0.15, 0.2) is 46.8 Å². The van der Waals surface area contributed by atoms with E-state index in [0.717, 1.165) is 38.4 Å². The second-order valence-electron chi connectivity index (χ2n) is 5.83. The van der Waals surface area contributed by atoms with Gasteiger partial charge in [-0.15, -0.1) is 35.3 Å². The van der Waals surface area contributed by atoms with E-state index in [4.69, 9.17) is 4.99 Å². The summed E-state index contributed by atoms with van der Waals surface area (Å²) in [5, 5.41) is 18.1. The molecule has 1 atom stereocenters. The number of rotatable bonds is 8. The zero-order chi connectivity index (χ0) is 17.2. The fourth-order valence-corrected chi connectivity index (χ4v) is 3.17. The van der Waals surface area contributed by atoms with Crippen LogP contribution in [0.5, 0.6) is 5.75 Å². The first-order chi connectivity index (χ1) is 11.7. The molecule has 0 saturated heterocycles. The topological polar surface area (TPSA) is 56.7 Å². The largest absolute Gasteiger partial charge is 0.508 e. The summed E-state index contributed by atoms with van der Waals surface area (Å²) >= 11 is 1.79. The molecule has 0 fully saturated rings. The highest BCUT2D eigenvalue weighted by atomic mass is 127. The van der Waals surface area contributed by atoms with E-state index in [1.54, 1.807) is 23.5 Å². The molecule has 0 amide bonds. The molecule has 3 N–H and O–H groups in total. The number of halogens is 1. The van der Waals surface area contributed by atoms with E-state index in [1.165, 1.54) is 10.4 Å². The first-order valence-corrected chi connectivity index (χ1v) is 9.40. The molecule has 138 valence electrons. The SMILES string of the molecule is CCNC(=NCC(C)c1cccs1)NCCCc1ccc(O)cc1.I. The molecule has 2 aromatic rings. The van der Waals surface area contributed by atoms with E-state index in [1.807, 2.05) is 12.1 Å². The van der Waals surface area contributed by atoms with Crippen molar-refractivity contribution in [3.63, 3.8) is 0 Å². The maximum Gasteiger partial charge on any atom is 0.191 e. The van der Waals surface area contributed by atoms with E-state index < -0.39 is 0 Å². The number of hydrogen-bond acceptors (Lipinski definition) is 3. The first-order valence-electron chi connectivity index (χ1n) is 8.52. The van der Waals surface area contributed by atoms with Gasteiger partial charge < -0.3 is 15.7 Å². The highest BCUT2D eigenvalue weighted by Gasteiger charge is 2.06. The molecule has 1 unspecified atom stereocenters. The minimum Gasteiger partial charge on any atom is -0.508 e. The summed E-state index contributed by atoms with van der Waals surface area (Å²) in [7, 11) is 0. The molecule has 0 bridgehead atoms. The third kappa shape index (κ3) is 8.09. The molecule has 0 radical (unpaired) electrons. The molecular formula is C19H28IN3OS. The van der Waals surface area contributed by atoms with Crippen molar-refractivity contribution in [2.75, 3.05) is 19.6 Å². The molecule has 4 nitrogen and oxygen atoms in total. The average molecular weight is 473 g/mol. The maximum absolute atomic E-state index is 9.30. The van der Waals surface area contributed by atoms with E-state index in [2.05, 4.69) is 42.0 Å². The van der Waals surface area contributed by atoms with Crippen molar-refractivity contribution in [2.45, 2.75) is 32.6 Å². The highest BCUT2D eigenvalue weighted by Crippen LogP contribution is 2.20. The quantitative estimate of drug-likeness (QED) is 0.231. The third-order valence-corrected chi connectivity index (χ3v) is 4.87. The average Bonchev–Trinajstić information content (AvgIpc) is 3.12. The molecule has 6 heteroatoms. The fraction of sp³-hybridized carbons (Fsp3) is 0.421. The number of nitrogens with zero attached hydrogens (tertiary/aromatic N) is 1. The van der Waals surface area contributed by atoms with E-state index in [0.29, 0.717) is 11.7 Å². The first kappa shape index (κ1) is 21.8. The zero-order valence-electron chi connectivity index (χ0n) is 14.9. The van der Waals surface area contributed by atoms with Gasteiger partial charge in [0.2, 0.25) is 0 Å². The molecule has 0 saturated carbocycles. The lowest BCUT2D eigenvalue weighted by Gasteiger charge is -2.13. The minimum absolute atomic E-state index is 0. The summed E-state index contributed by atoms with van der Waals surface area (Å²) in [6, 6.07) is 11.7. The molecular weight excluding hydrogens is 445 g/mol. The van der Waals surface area contributed by atoms with Gasteiger partial charge in [-0.2, -0.15) is 0 Å². The van der Waals surface area contributed by atoms with Crippen LogP contribution in [0.4, 0.5) is 0 Å². The van der Waals surface area contributed by atoms with Crippen molar-refractivity contribution in [1.82, 2.24) is 10.6 Å². The lowest BCUT2D eigenvalue weighted by atomic mass is 10.1. The van der Waals surface area contributed by atoms with Crippen LogP contribution in [0.2, 0.25) is 0 Å². The van der Waals surface area contributed by atoms with Crippen LogP contribution in [0.1, 0.15) is 36.6 Å². The number of aromatic hydroxyl groups is 1. The Balaban J connectivity index is 0.00000312. The second-order valence-corrected chi connectivity index (χ2v) is 6.81. The number of phenolic OH excluding ortho intramolecular Hbond substituents is 1. The highest BCUT2D eigenvalue weighted by molar-refractivity contribution is 14.0. The molecule has 25 heavy (non-hydrogen) atoms. The number of nitrogens with one attached hydrogen (secondary N) is 2. The predicted molar refractivity (Wildman–Crippen MR) is 119 cm³/mol. The fourth-order valence-electron chi connectivity index (χ4n) is 2.39. The van der Waals surface area contributed by atoms with Crippen molar-refractivity contribution in [1.29, 1.82) is 0 Å². The lowest BCUT2D eigenvalue weighted by molar-refractivity contribution is 0.475. The van der Waals surface area contributed by atoms with Crippen molar-refractivity contribution >= 4 is 41.3 Å². The molecule has 0 aliphatic rings. The van der Waals surface area contributed by atoms with Crippen LogP contribution < -0.4 is 10.6 Å². The van der Waals surface area contributed by atoms with Gasteiger partial charge in [-0.05, 0) is 48.9 Å². The number of aryl methyl sites for hydroxylation is 1. The van der Waals surface area contributed by atoms with Crippen LogP contribution in [-0.4, -0.2) is 30.7 Å². The van der Waals surface area contributed by atoms with E-state index >= 15 is 0 Å². The number of phenols is 1. The molecule has 1 aromatic carbocycles. The van der Waals surface area contributed by atoms with E-state index in [9.17, 15) is 5.11 Å². The standard InChI is InChI=1S/C19H27N3OS.HI/c1-3-20-19(22-14-15(2)18-7-5-13-24-18)21-12-4-6-16-8-10-17(23)11-9-16;/h5,7-11,13,15,23H,3-4,6,12,14H2,1-2H3,(H2,20,21,22);1H. The predicted octanol–water partition coefficient (Wildman–Crippen LogP) is 4.36. The van der Waals surface area contributed by atoms with Crippen LogP contribution in [-0.2, 0) is 6.42 Å². The van der Waals surface area contributed by atoms with Gasteiger partial charge in [-0.3, -0.25) is 4.99 Å². The Bertz CT molecular complexity index is 614. The van der Waals surface area contributed by atoms with Crippen molar-refractivity contribution in [3.05, 3.63) is 52.2 Å². The number of thiophene rings is 1. The number of aliphatic imine (C=N–C) groups is 1. The van der Waals surface area contributed by atoms with Crippen LogP contribution in [0.25, 0.3) is 0 Å². The Morgan fingerprint density at radius 3 is 2.60 bits per heavy atom. The zero-order valence-corrected chi connectivity index (χ0v) is 18.0. The van der Waals surface area contributed by atoms with Gasteiger partial charge in [0.25, 0.3) is 0 Å². The molecule has 0 spiro atoms. The summed E-state index contributed by atoms with van der Waals surface area (Å²) in [5.74, 6) is 1.64. The third-order valence-electron chi connectivity index (χ3n) is 3.77. The van der Waals surface area contributed by atoms with Gasteiger partial charge in [-0.25, -0.2) is 0 Å². The maximum atomic E-state index is 9.30. The van der Waals surface area contributed by atoms with Crippen molar-refractivity contribution < 1.29 is 5.11 Å². The molecule has 0 aliphatic heterocycles. The number of hydrogen-bond donors (Lipinski definition) is 3. The number of guanidine groups is 1. The summed E-state index contributed by atoms with van der Waals surface area (Å²) in [6.07, 6.45) is 2.01. The van der Waals surface area contributed by atoms with Gasteiger partial charge in [0.15, 0.2) is 5.96 Å². The molecule has 2 rings (SSSR count). The smallest absolute Gasteiger partial charge is 0.191 e. The summed E-state index contributed by atoms with van der Waals surface area (Å²) < 4.78 is 0. The second kappa shape index (κ2) is 12.1. The Hall–Kier alpha value is -1.28. The van der Waals surface area contributed by atoms with Crippen molar-refractivity contribution in [2.24, 2.45) is 4.99 Å². The summed E-state index contributed by atoms with van der Waals surface area (Å²) in [6.45, 7) is 6.81. The summed E-state index contributed by atoms with van der Waals surface area (Å²) in [5.41, 5.74) is 1.24. The minimum atomic E-state index is 0. The number of benzene rings is 1. The molecule has 1 heterocycles. The monoisotopic (exact) mass is 473 g/mol. The van der Waals surface area contributed by atoms with E-state index in [-0.39, 0.29) is 24.0 Å². The van der Waals surface area contributed by atoms with Crippen molar-refractivity contribution in [3.8, 4) is 5.75 Å². The Morgan fingerprint density at radius 2 is 1.96 bits per heavy atom. The van der Waals surface area contributed by atoms with Gasteiger partial charge in [0, 0.05) is 23.9 Å². The van der Waals surface area contributed by atoms with Gasteiger partial charge in [0.05, 0.1) is 6.54 Å². The Labute approximate surface area is 171 Å². The van der Waals surface area contributed by atoms with Crippen LogP contribution in [0.3, 0.4) is 0 Å². The molecule has 0 aliphatic carbocycles. The van der Waals surface area contributed by atoms with Gasteiger partial charge >= 0.3 is 0 Å². The summed E-state index contributed by atoms with van der Waals surface area (Å²) in [4.78, 5) is 6.07. The van der Waals surface area contributed by atoms with Gasteiger partial charge in [-0.1, -0.05) is 25.1 Å².